The van der Waals surface area contributed by atoms with E-state index in [1.807, 2.05) is 4.90 Å². The molecule has 10 heteroatoms. The molecule has 0 radical (unpaired) electrons. The lowest BCUT2D eigenvalue weighted by Gasteiger charge is -2.35. The Morgan fingerprint density at radius 1 is 1.10 bits per heavy atom. The predicted molar refractivity (Wildman–Crippen MR) is 112 cm³/mol. The zero-order valence-corrected chi connectivity index (χ0v) is 17.6. The number of furan rings is 1. The van der Waals surface area contributed by atoms with Crippen molar-refractivity contribution >= 4 is 33.0 Å². The molecule has 1 aliphatic heterocycles. The smallest absolute Gasteiger partial charge is 0.263 e. The van der Waals surface area contributed by atoms with Crippen molar-refractivity contribution in [2.24, 2.45) is 0 Å². The SMILES string of the molecule is O=C(NCc1ccco1)c1sccc1S(=O)(=O)N1CCN(c2ccccc2F)CC1. The summed E-state index contributed by atoms with van der Waals surface area (Å²) in [4.78, 5) is 14.5. The van der Waals surface area contributed by atoms with Gasteiger partial charge >= 0.3 is 0 Å². The van der Waals surface area contributed by atoms with Crippen molar-refractivity contribution in [1.29, 1.82) is 0 Å². The van der Waals surface area contributed by atoms with E-state index < -0.39 is 15.9 Å². The summed E-state index contributed by atoms with van der Waals surface area (Å²) in [6, 6.07) is 11.3. The molecule has 1 saturated heterocycles. The van der Waals surface area contributed by atoms with Gasteiger partial charge in [0.2, 0.25) is 10.0 Å². The van der Waals surface area contributed by atoms with Gasteiger partial charge in [0, 0.05) is 26.2 Å². The van der Waals surface area contributed by atoms with E-state index in [-0.39, 0.29) is 35.2 Å². The highest BCUT2D eigenvalue weighted by atomic mass is 32.2. The molecule has 158 valence electrons. The van der Waals surface area contributed by atoms with Crippen molar-refractivity contribution in [2.45, 2.75) is 11.4 Å². The van der Waals surface area contributed by atoms with Gasteiger partial charge in [-0.15, -0.1) is 11.3 Å². The molecule has 1 aliphatic rings. The molecule has 7 nitrogen and oxygen atoms in total. The molecule has 1 N–H and O–H groups in total. The summed E-state index contributed by atoms with van der Waals surface area (Å²) in [6.45, 7) is 1.32. The molecule has 0 atom stereocenters. The minimum atomic E-state index is -3.84. The number of amides is 1. The number of carbonyl (C=O) groups is 1. The third-order valence-electron chi connectivity index (χ3n) is 4.89. The maximum atomic E-state index is 14.0. The van der Waals surface area contributed by atoms with E-state index in [2.05, 4.69) is 5.32 Å². The molecular formula is C20H20FN3O4S2. The number of carbonyl (C=O) groups excluding carboxylic acids is 1. The quantitative estimate of drug-likeness (QED) is 0.626. The van der Waals surface area contributed by atoms with E-state index in [9.17, 15) is 17.6 Å². The number of benzene rings is 1. The number of sulfonamides is 1. The van der Waals surface area contributed by atoms with Crippen LogP contribution in [0.15, 0.2) is 63.4 Å². The summed E-state index contributed by atoms with van der Waals surface area (Å²) in [5, 5.41) is 4.27. The van der Waals surface area contributed by atoms with Crippen LogP contribution in [0.4, 0.5) is 10.1 Å². The molecule has 4 rings (SSSR count). The normalized spacial score (nSPS) is 15.3. The van der Waals surface area contributed by atoms with Gasteiger partial charge in [-0.1, -0.05) is 12.1 Å². The molecule has 3 aromatic rings. The number of hydrogen-bond acceptors (Lipinski definition) is 6. The van der Waals surface area contributed by atoms with E-state index in [0.717, 1.165) is 11.3 Å². The fraction of sp³-hybridized carbons (Fsp3) is 0.250. The molecule has 1 amide bonds. The molecule has 2 aromatic heterocycles. The summed E-state index contributed by atoms with van der Waals surface area (Å²) in [5.74, 6) is -0.222. The summed E-state index contributed by atoms with van der Waals surface area (Å²) in [5.41, 5.74) is 0.461. The van der Waals surface area contributed by atoms with Crippen LogP contribution < -0.4 is 10.2 Å². The second kappa shape index (κ2) is 8.58. The van der Waals surface area contributed by atoms with E-state index in [1.54, 1.807) is 35.7 Å². The Bertz CT molecular complexity index is 1120. The highest BCUT2D eigenvalue weighted by Gasteiger charge is 2.33. The molecule has 0 spiro atoms. The molecular weight excluding hydrogens is 429 g/mol. The number of anilines is 1. The minimum absolute atomic E-state index is 0.0104. The van der Waals surface area contributed by atoms with Crippen molar-refractivity contribution in [3.63, 3.8) is 0 Å². The average Bonchev–Trinajstić information content (AvgIpc) is 3.45. The first kappa shape index (κ1) is 20.6. The number of rotatable bonds is 6. The van der Waals surface area contributed by atoms with Crippen molar-refractivity contribution in [2.75, 3.05) is 31.1 Å². The van der Waals surface area contributed by atoms with Gasteiger partial charge in [0.1, 0.15) is 21.4 Å². The number of halogens is 1. The van der Waals surface area contributed by atoms with Gasteiger partial charge in [-0.3, -0.25) is 4.79 Å². The topological polar surface area (TPSA) is 82.9 Å². The van der Waals surface area contributed by atoms with E-state index >= 15 is 0 Å². The van der Waals surface area contributed by atoms with Gasteiger partial charge in [-0.25, -0.2) is 12.8 Å². The maximum absolute atomic E-state index is 14.0. The summed E-state index contributed by atoms with van der Waals surface area (Å²) >= 11 is 1.08. The number of piperazine rings is 1. The van der Waals surface area contributed by atoms with Crippen LogP contribution in [0.2, 0.25) is 0 Å². The Kier molecular flexibility index (Phi) is 5.89. The zero-order chi connectivity index (χ0) is 21.1. The van der Waals surface area contributed by atoms with E-state index in [4.69, 9.17) is 4.42 Å². The molecule has 1 fully saturated rings. The summed E-state index contributed by atoms with van der Waals surface area (Å²) < 4.78 is 46.9. The molecule has 0 aliphatic carbocycles. The van der Waals surface area contributed by atoms with Crippen molar-refractivity contribution in [1.82, 2.24) is 9.62 Å². The van der Waals surface area contributed by atoms with Crippen LogP contribution in [0.5, 0.6) is 0 Å². The van der Waals surface area contributed by atoms with Crippen molar-refractivity contribution in [3.05, 3.63) is 70.6 Å². The zero-order valence-electron chi connectivity index (χ0n) is 16.0. The van der Waals surface area contributed by atoms with Gasteiger partial charge in [0.25, 0.3) is 5.91 Å². The second-order valence-corrected chi connectivity index (χ2v) is 9.54. The Hall–Kier alpha value is -2.69. The number of hydrogen-bond donors (Lipinski definition) is 1. The Labute approximate surface area is 177 Å². The van der Waals surface area contributed by atoms with Crippen LogP contribution >= 0.6 is 11.3 Å². The lowest BCUT2D eigenvalue weighted by atomic mass is 10.2. The number of para-hydroxylation sites is 1. The maximum Gasteiger partial charge on any atom is 0.263 e. The van der Waals surface area contributed by atoms with E-state index in [0.29, 0.717) is 24.5 Å². The van der Waals surface area contributed by atoms with Gasteiger partial charge in [0.05, 0.1) is 18.5 Å². The van der Waals surface area contributed by atoms with Crippen molar-refractivity contribution < 1.29 is 22.0 Å². The first-order valence-corrected chi connectivity index (χ1v) is 11.7. The highest BCUT2D eigenvalue weighted by molar-refractivity contribution is 7.89. The summed E-state index contributed by atoms with van der Waals surface area (Å²) in [7, 11) is -3.84. The van der Waals surface area contributed by atoms with Crippen LogP contribution in [0.1, 0.15) is 15.4 Å². The van der Waals surface area contributed by atoms with Gasteiger partial charge in [0.15, 0.2) is 0 Å². The largest absolute Gasteiger partial charge is 0.467 e. The number of nitrogens with one attached hydrogen (secondary N) is 1. The average molecular weight is 450 g/mol. The monoisotopic (exact) mass is 449 g/mol. The third kappa shape index (κ3) is 4.11. The van der Waals surface area contributed by atoms with Gasteiger partial charge in [-0.05, 0) is 35.7 Å². The first-order valence-electron chi connectivity index (χ1n) is 9.34. The van der Waals surface area contributed by atoms with Crippen molar-refractivity contribution in [3.8, 4) is 0 Å². The first-order chi connectivity index (χ1) is 14.5. The predicted octanol–water partition coefficient (Wildman–Crippen LogP) is 2.92. The van der Waals surface area contributed by atoms with E-state index in [1.165, 1.54) is 22.7 Å². The van der Waals surface area contributed by atoms with Crippen LogP contribution in [0, 0.1) is 5.82 Å². The van der Waals surface area contributed by atoms with Gasteiger partial charge in [-0.2, -0.15) is 4.31 Å². The van der Waals surface area contributed by atoms with Crippen LogP contribution in [0.3, 0.4) is 0 Å². The second-order valence-electron chi connectivity index (χ2n) is 6.72. The highest BCUT2D eigenvalue weighted by Crippen LogP contribution is 2.27. The Balaban J connectivity index is 1.45. The Morgan fingerprint density at radius 2 is 1.87 bits per heavy atom. The minimum Gasteiger partial charge on any atom is -0.467 e. The molecule has 0 saturated carbocycles. The van der Waals surface area contributed by atoms with Crippen LogP contribution in [0.25, 0.3) is 0 Å². The van der Waals surface area contributed by atoms with Crippen LogP contribution in [-0.2, 0) is 16.6 Å². The molecule has 0 unspecified atom stereocenters. The molecule has 0 bridgehead atoms. The van der Waals surface area contributed by atoms with Crippen LogP contribution in [-0.4, -0.2) is 44.8 Å². The standard InChI is InChI=1S/C20H20FN3O4S2/c21-16-5-1-2-6-17(16)23-8-10-24(11-9-23)30(26,27)18-7-13-29-19(18)20(25)22-14-15-4-3-12-28-15/h1-7,12-13H,8-11,14H2,(H,22,25). The fourth-order valence-corrected chi connectivity index (χ4v) is 6.08. The molecule has 1 aromatic carbocycles. The van der Waals surface area contributed by atoms with Gasteiger partial charge < -0.3 is 14.6 Å². The number of nitrogens with zero attached hydrogens (tertiary/aromatic N) is 2. The third-order valence-corrected chi connectivity index (χ3v) is 7.87. The fourth-order valence-electron chi connectivity index (χ4n) is 3.34. The number of thiophene rings is 1. The molecule has 30 heavy (non-hydrogen) atoms. The lowest BCUT2D eigenvalue weighted by Crippen LogP contribution is -2.49. The molecule has 3 heterocycles. The lowest BCUT2D eigenvalue weighted by molar-refractivity contribution is 0.0949. The Morgan fingerprint density at radius 3 is 2.57 bits per heavy atom. The summed E-state index contributed by atoms with van der Waals surface area (Å²) in [6.07, 6.45) is 1.50.